The first-order valence-electron chi connectivity index (χ1n) is 4.32. The highest BCUT2D eigenvalue weighted by Crippen LogP contribution is 2.28. The Hall–Kier alpha value is -1.22. The van der Waals surface area contributed by atoms with E-state index in [1.54, 1.807) is 13.0 Å². The van der Waals surface area contributed by atoms with Crippen molar-refractivity contribution in [1.29, 1.82) is 0 Å². The van der Waals surface area contributed by atoms with Crippen molar-refractivity contribution in [3.63, 3.8) is 0 Å². The topological polar surface area (TPSA) is 17.1 Å². The molecule has 0 radical (unpaired) electrons. The summed E-state index contributed by atoms with van der Waals surface area (Å²) in [6.07, 6.45) is 0.392. The molecule has 0 atom stereocenters. The molecule has 72 valence electrons. The van der Waals surface area contributed by atoms with E-state index in [-0.39, 0.29) is 11.6 Å². The summed E-state index contributed by atoms with van der Waals surface area (Å²) in [4.78, 5) is 11.0. The second-order valence-electron chi connectivity index (χ2n) is 3.26. The molecule has 0 amide bonds. The predicted molar refractivity (Wildman–Crippen MR) is 56.2 cm³/mol. The van der Waals surface area contributed by atoms with Crippen molar-refractivity contribution in [2.45, 2.75) is 13.3 Å². The minimum atomic E-state index is -0.206. The highest BCUT2D eigenvalue weighted by Gasteiger charge is 2.08. The van der Waals surface area contributed by atoms with Crippen molar-refractivity contribution in [1.82, 2.24) is 0 Å². The van der Waals surface area contributed by atoms with E-state index in [1.165, 1.54) is 17.4 Å². The molecule has 0 unspecified atom stereocenters. The zero-order valence-corrected chi connectivity index (χ0v) is 8.53. The van der Waals surface area contributed by atoms with Crippen molar-refractivity contribution >= 4 is 27.2 Å². The Morgan fingerprint density at radius 3 is 3.00 bits per heavy atom. The van der Waals surface area contributed by atoms with Gasteiger partial charge in [-0.25, -0.2) is 4.39 Å². The van der Waals surface area contributed by atoms with E-state index < -0.39 is 0 Å². The first-order valence-corrected chi connectivity index (χ1v) is 5.20. The van der Waals surface area contributed by atoms with Gasteiger partial charge in [-0.05, 0) is 29.3 Å². The fourth-order valence-corrected chi connectivity index (χ4v) is 2.46. The molecular weight excluding hydrogens is 199 g/mol. The predicted octanol–water partition coefficient (Wildman–Crippen LogP) is 3.17. The van der Waals surface area contributed by atoms with Gasteiger partial charge in [0.2, 0.25) is 0 Å². The summed E-state index contributed by atoms with van der Waals surface area (Å²) in [6, 6.07) is 4.97. The Bertz CT molecular complexity index is 487. The number of fused-ring (bicyclic) bond motifs is 1. The molecule has 0 spiro atoms. The van der Waals surface area contributed by atoms with Gasteiger partial charge >= 0.3 is 0 Å². The van der Waals surface area contributed by atoms with Gasteiger partial charge in [-0.1, -0.05) is 12.1 Å². The molecule has 0 N–H and O–H groups in total. The molecule has 0 bridgehead atoms. The zero-order valence-electron chi connectivity index (χ0n) is 7.71. The lowest BCUT2D eigenvalue weighted by molar-refractivity contribution is -0.116. The lowest BCUT2D eigenvalue weighted by Crippen LogP contribution is -1.94. The Morgan fingerprint density at radius 2 is 2.29 bits per heavy atom. The van der Waals surface area contributed by atoms with Crippen LogP contribution in [0.25, 0.3) is 10.1 Å². The minimum absolute atomic E-state index is 0.106. The largest absolute Gasteiger partial charge is 0.300 e. The van der Waals surface area contributed by atoms with Gasteiger partial charge in [0.25, 0.3) is 0 Å². The third kappa shape index (κ3) is 1.55. The summed E-state index contributed by atoms with van der Waals surface area (Å²) in [7, 11) is 0. The number of hydrogen-bond acceptors (Lipinski definition) is 2. The fourth-order valence-electron chi connectivity index (χ4n) is 1.48. The van der Waals surface area contributed by atoms with Gasteiger partial charge in [0.15, 0.2) is 0 Å². The van der Waals surface area contributed by atoms with E-state index in [1.807, 2.05) is 11.4 Å². The Balaban J connectivity index is 2.58. The number of ketones is 1. The van der Waals surface area contributed by atoms with Gasteiger partial charge in [-0.15, -0.1) is 11.3 Å². The maximum atomic E-state index is 13.3. The SMILES string of the molecule is CC(=O)Cc1csc2c(F)cccc12. The second-order valence-corrected chi connectivity index (χ2v) is 4.14. The molecule has 0 aliphatic heterocycles. The highest BCUT2D eigenvalue weighted by atomic mass is 32.1. The van der Waals surface area contributed by atoms with Crippen LogP contribution in [0.15, 0.2) is 23.6 Å². The van der Waals surface area contributed by atoms with Crippen LogP contribution >= 0.6 is 11.3 Å². The summed E-state index contributed by atoms with van der Waals surface area (Å²) < 4.78 is 13.9. The molecule has 14 heavy (non-hydrogen) atoms. The number of carbonyl (C=O) groups excluding carboxylic acids is 1. The van der Waals surface area contributed by atoms with E-state index in [0.29, 0.717) is 11.1 Å². The summed E-state index contributed by atoms with van der Waals surface area (Å²) in [5.41, 5.74) is 0.928. The first kappa shape index (κ1) is 9.34. The molecule has 0 aliphatic rings. The monoisotopic (exact) mass is 208 g/mol. The molecule has 0 saturated heterocycles. The summed E-state index contributed by atoms with van der Waals surface area (Å²) in [5.74, 6) is -0.101. The van der Waals surface area contributed by atoms with E-state index in [4.69, 9.17) is 0 Å². The Morgan fingerprint density at radius 1 is 1.50 bits per heavy atom. The van der Waals surface area contributed by atoms with E-state index in [2.05, 4.69) is 0 Å². The maximum Gasteiger partial charge on any atom is 0.140 e. The molecule has 1 aromatic carbocycles. The summed E-state index contributed by atoms with van der Waals surface area (Å²) in [6.45, 7) is 1.54. The van der Waals surface area contributed by atoms with Gasteiger partial charge in [-0.2, -0.15) is 0 Å². The number of thiophene rings is 1. The standard InChI is InChI=1S/C11H9FOS/c1-7(13)5-8-6-14-11-9(8)3-2-4-10(11)12/h2-4,6H,5H2,1H3. The number of Topliss-reactive ketones (excluding diaryl/α,β-unsaturated/α-hetero) is 1. The zero-order chi connectivity index (χ0) is 10.1. The molecule has 1 heterocycles. The van der Waals surface area contributed by atoms with Gasteiger partial charge in [0.05, 0.1) is 4.70 Å². The summed E-state index contributed by atoms with van der Waals surface area (Å²) in [5, 5.41) is 2.72. The molecular formula is C11H9FOS. The van der Waals surface area contributed by atoms with Crippen LogP contribution in [0, 0.1) is 5.82 Å². The van der Waals surface area contributed by atoms with Crippen molar-refractivity contribution in [2.75, 3.05) is 0 Å². The van der Waals surface area contributed by atoms with Crippen LogP contribution in [-0.2, 0) is 11.2 Å². The van der Waals surface area contributed by atoms with Crippen molar-refractivity contribution in [2.24, 2.45) is 0 Å². The van der Waals surface area contributed by atoms with Gasteiger partial charge in [-0.3, -0.25) is 4.79 Å². The summed E-state index contributed by atoms with van der Waals surface area (Å²) >= 11 is 1.36. The quantitative estimate of drug-likeness (QED) is 0.740. The van der Waals surface area contributed by atoms with Crippen LogP contribution in [-0.4, -0.2) is 5.78 Å². The normalized spacial score (nSPS) is 10.7. The molecule has 0 aliphatic carbocycles. The van der Waals surface area contributed by atoms with Crippen molar-refractivity contribution in [3.8, 4) is 0 Å². The third-order valence-corrected chi connectivity index (χ3v) is 3.12. The van der Waals surface area contributed by atoms with Crippen LogP contribution in [0.2, 0.25) is 0 Å². The number of benzene rings is 1. The number of hydrogen-bond donors (Lipinski definition) is 0. The lowest BCUT2D eigenvalue weighted by Gasteiger charge is -1.95. The molecule has 1 nitrogen and oxygen atoms in total. The van der Waals surface area contributed by atoms with E-state index in [0.717, 1.165) is 10.9 Å². The Kier molecular flexibility index (Phi) is 2.33. The van der Waals surface area contributed by atoms with Crippen LogP contribution in [0.4, 0.5) is 4.39 Å². The number of rotatable bonds is 2. The Labute approximate surface area is 85.2 Å². The lowest BCUT2D eigenvalue weighted by atomic mass is 10.1. The smallest absolute Gasteiger partial charge is 0.140 e. The van der Waals surface area contributed by atoms with E-state index in [9.17, 15) is 9.18 Å². The van der Waals surface area contributed by atoms with Gasteiger partial charge in [0, 0.05) is 6.42 Å². The highest BCUT2D eigenvalue weighted by molar-refractivity contribution is 7.17. The van der Waals surface area contributed by atoms with Gasteiger partial charge in [0.1, 0.15) is 11.6 Å². The molecule has 2 rings (SSSR count). The van der Waals surface area contributed by atoms with Crippen LogP contribution in [0.5, 0.6) is 0 Å². The molecule has 1 aromatic heterocycles. The van der Waals surface area contributed by atoms with Gasteiger partial charge < -0.3 is 0 Å². The van der Waals surface area contributed by atoms with Crippen molar-refractivity contribution < 1.29 is 9.18 Å². The molecule has 0 saturated carbocycles. The number of halogens is 1. The average Bonchev–Trinajstić information content (AvgIpc) is 2.49. The molecule has 3 heteroatoms. The first-order chi connectivity index (χ1) is 6.68. The van der Waals surface area contributed by atoms with Crippen LogP contribution in [0.1, 0.15) is 12.5 Å². The minimum Gasteiger partial charge on any atom is -0.300 e. The fraction of sp³-hybridized carbons (Fsp3) is 0.182. The number of carbonyl (C=O) groups is 1. The maximum absolute atomic E-state index is 13.3. The van der Waals surface area contributed by atoms with Crippen LogP contribution in [0.3, 0.4) is 0 Å². The second kappa shape index (κ2) is 3.50. The van der Waals surface area contributed by atoms with Crippen molar-refractivity contribution in [3.05, 3.63) is 35.0 Å². The van der Waals surface area contributed by atoms with Crippen LogP contribution < -0.4 is 0 Å². The molecule has 0 fully saturated rings. The van der Waals surface area contributed by atoms with E-state index >= 15 is 0 Å². The molecule has 2 aromatic rings. The third-order valence-electron chi connectivity index (χ3n) is 2.07. The average molecular weight is 208 g/mol.